The van der Waals surface area contributed by atoms with Crippen LogP contribution in [0.25, 0.3) is 0 Å². The first kappa shape index (κ1) is 32.6. The van der Waals surface area contributed by atoms with Gasteiger partial charge in [-0.25, -0.2) is 0 Å². The van der Waals surface area contributed by atoms with E-state index in [0.717, 1.165) is 62.0 Å². The maximum Gasteiger partial charge on any atom is 0.306 e. The molecule has 2 heterocycles. The molecule has 1 aromatic carbocycles. The maximum atomic E-state index is 13.3. The first-order chi connectivity index (χ1) is 18.7. The third-order valence-corrected chi connectivity index (χ3v) is 9.18. The van der Waals surface area contributed by atoms with Crippen molar-refractivity contribution in [3.8, 4) is 0 Å². The summed E-state index contributed by atoms with van der Waals surface area (Å²) in [6.07, 6.45) is 4.87. The molecule has 7 heteroatoms. The average molecular weight is 559 g/mol. The Balaban J connectivity index is 1.78. The summed E-state index contributed by atoms with van der Waals surface area (Å²) in [5.41, 5.74) is 2.22. The predicted molar refractivity (Wildman–Crippen MR) is 160 cm³/mol. The second kappa shape index (κ2) is 13.8. The zero-order valence-electron chi connectivity index (χ0n) is 26.2. The van der Waals surface area contributed by atoms with Crippen LogP contribution < -0.4 is 5.32 Å². The van der Waals surface area contributed by atoms with Crippen molar-refractivity contribution >= 4 is 17.4 Å². The molecule has 2 aliphatic rings. The number of carbonyl (C=O) groups excluding carboxylic acids is 2. The Kier molecular flexibility index (Phi) is 11.2. The fourth-order valence-corrected chi connectivity index (χ4v) is 6.03. The lowest BCUT2D eigenvalue weighted by Gasteiger charge is -2.31. The number of ether oxygens (including phenoxy) is 2. The van der Waals surface area contributed by atoms with Crippen LogP contribution in [-0.2, 0) is 19.1 Å². The molecule has 0 saturated carbocycles. The number of nitrogens with one attached hydrogen (secondary N) is 1. The van der Waals surface area contributed by atoms with Crippen molar-refractivity contribution < 1.29 is 24.2 Å². The van der Waals surface area contributed by atoms with E-state index in [9.17, 15) is 14.7 Å². The molecule has 0 bridgehead atoms. The second-order valence-electron chi connectivity index (χ2n) is 13.5. The number of Topliss-reactive ketones (excluding diaryl/α,β-unsaturated/α-hetero) is 1. The Morgan fingerprint density at radius 2 is 1.82 bits per heavy atom. The number of aliphatic hydroxyl groups excluding tert-OH is 1. The Hall–Kier alpha value is -1.96. The van der Waals surface area contributed by atoms with Crippen molar-refractivity contribution in [2.45, 2.75) is 117 Å². The average Bonchev–Trinajstić information content (AvgIpc) is 3.54. The number of anilines is 1. The molecule has 3 unspecified atom stereocenters. The molecule has 0 aromatic heterocycles. The van der Waals surface area contributed by atoms with Gasteiger partial charge in [0.1, 0.15) is 11.9 Å². The molecule has 7 nitrogen and oxygen atoms in total. The number of epoxide rings is 1. The quantitative estimate of drug-likeness (QED) is 0.238. The van der Waals surface area contributed by atoms with Crippen LogP contribution in [0.4, 0.5) is 5.69 Å². The van der Waals surface area contributed by atoms with E-state index in [1.165, 1.54) is 0 Å². The maximum absolute atomic E-state index is 13.3. The fourth-order valence-electron chi connectivity index (χ4n) is 6.03. The van der Waals surface area contributed by atoms with Crippen LogP contribution in [0.2, 0.25) is 0 Å². The molecule has 2 aliphatic heterocycles. The van der Waals surface area contributed by atoms with Gasteiger partial charge in [0.25, 0.3) is 0 Å². The van der Waals surface area contributed by atoms with E-state index < -0.39 is 23.5 Å². The van der Waals surface area contributed by atoms with E-state index in [4.69, 9.17) is 9.47 Å². The molecule has 1 aromatic rings. The molecule has 0 aliphatic carbocycles. The third-order valence-electron chi connectivity index (χ3n) is 9.18. The summed E-state index contributed by atoms with van der Waals surface area (Å²) in [4.78, 5) is 28.7. The number of hydrogen-bond acceptors (Lipinski definition) is 7. The van der Waals surface area contributed by atoms with Crippen molar-refractivity contribution in [1.29, 1.82) is 0 Å². The summed E-state index contributed by atoms with van der Waals surface area (Å²) in [5.74, 6) is -0.771. The van der Waals surface area contributed by atoms with Gasteiger partial charge in [-0.05, 0) is 89.7 Å². The van der Waals surface area contributed by atoms with Crippen LogP contribution in [0.1, 0.15) is 103 Å². The van der Waals surface area contributed by atoms with Crippen LogP contribution in [0, 0.1) is 24.2 Å². The van der Waals surface area contributed by atoms with Crippen molar-refractivity contribution in [2.24, 2.45) is 17.3 Å². The molecular formula is C33H54N2O5. The van der Waals surface area contributed by atoms with Crippen LogP contribution in [0.5, 0.6) is 0 Å². The van der Waals surface area contributed by atoms with E-state index in [-0.39, 0.29) is 35.8 Å². The molecule has 2 saturated heterocycles. The minimum atomic E-state index is -0.725. The lowest BCUT2D eigenvalue weighted by molar-refractivity contribution is -0.151. The Morgan fingerprint density at radius 1 is 1.10 bits per heavy atom. The number of aliphatic hydroxyl groups is 1. The fraction of sp³-hybridized carbons (Fsp3) is 0.758. The number of hydrogen-bond donors (Lipinski definition) is 2. The first-order valence-electron chi connectivity index (χ1n) is 15.3. The first-order valence-corrected chi connectivity index (χ1v) is 15.3. The standard InChI is InChI=1S/C33H54N2O5/c1-22-13-14-25(20-26(22)34-18-9-10-19-35(7)8)27-21-28-33(6,40-28)16-11-12-23(2)30(37)24(3)31(38)32(4,5)17-15-29(36)39-27/h13-14,20,23-24,27-28,30,34,37H,9-12,15-19,21H2,1-8H3/t23-,24+,27?,28?,30?,33+/m0/s1. The summed E-state index contributed by atoms with van der Waals surface area (Å²) in [7, 11) is 4.19. The lowest BCUT2D eigenvalue weighted by atomic mass is 9.74. The highest BCUT2D eigenvalue weighted by molar-refractivity contribution is 5.87. The minimum Gasteiger partial charge on any atom is -0.457 e. The smallest absolute Gasteiger partial charge is 0.306 e. The zero-order valence-corrected chi connectivity index (χ0v) is 26.2. The normalized spacial score (nSPS) is 31.9. The molecule has 6 atom stereocenters. The number of carbonyl (C=O) groups is 2. The molecule has 0 spiro atoms. The Morgan fingerprint density at radius 3 is 2.52 bits per heavy atom. The summed E-state index contributed by atoms with van der Waals surface area (Å²) in [5, 5.41) is 14.5. The number of aryl methyl sites for hydroxylation is 1. The molecule has 0 amide bonds. The van der Waals surface area contributed by atoms with Gasteiger partial charge >= 0.3 is 5.97 Å². The zero-order chi connectivity index (χ0) is 29.7. The van der Waals surface area contributed by atoms with Crippen molar-refractivity contribution in [2.75, 3.05) is 32.5 Å². The second-order valence-corrected chi connectivity index (χ2v) is 13.5. The number of benzene rings is 1. The van der Waals surface area contributed by atoms with E-state index in [0.29, 0.717) is 12.8 Å². The lowest BCUT2D eigenvalue weighted by Crippen LogP contribution is -2.39. The number of esters is 1. The molecule has 2 N–H and O–H groups in total. The van der Waals surface area contributed by atoms with E-state index >= 15 is 0 Å². The van der Waals surface area contributed by atoms with E-state index in [2.05, 4.69) is 56.4 Å². The van der Waals surface area contributed by atoms with Gasteiger partial charge in [0.05, 0.1) is 17.8 Å². The molecule has 226 valence electrons. The van der Waals surface area contributed by atoms with Crippen LogP contribution >= 0.6 is 0 Å². The van der Waals surface area contributed by atoms with E-state index in [1.807, 2.05) is 27.7 Å². The highest BCUT2D eigenvalue weighted by Crippen LogP contribution is 2.46. The highest BCUT2D eigenvalue weighted by Gasteiger charge is 2.52. The molecule has 0 radical (unpaired) electrons. The van der Waals surface area contributed by atoms with Gasteiger partial charge in [0, 0.05) is 36.4 Å². The molecular weight excluding hydrogens is 504 g/mol. The summed E-state index contributed by atoms with van der Waals surface area (Å²) < 4.78 is 12.3. The summed E-state index contributed by atoms with van der Waals surface area (Å²) >= 11 is 0. The van der Waals surface area contributed by atoms with Gasteiger partial charge in [0.15, 0.2) is 0 Å². The summed E-state index contributed by atoms with van der Waals surface area (Å²) in [6, 6.07) is 6.27. The number of rotatable bonds is 7. The minimum absolute atomic E-state index is 0.000628. The van der Waals surface area contributed by atoms with Crippen LogP contribution in [0.3, 0.4) is 0 Å². The van der Waals surface area contributed by atoms with Crippen molar-refractivity contribution in [3.05, 3.63) is 29.3 Å². The highest BCUT2D eigenvalue weighted by atomic mass is 16.6. The molecule has 40 heavy (non-hydrogen) atoms. The number of ketones is 1. The molecule has 2 fully saturated rings. The SMILES string of the molecule is Cc1ccc(C2CC3O[C@]3(C)CCC[C@H](C)C(O)[C@@H](C)C(=O)C(C)(C)CCC(=O)O2)cc1NCCCCN(C)C. The Bertz CT molecular complexity index is 1010. The van der Waals surface area contributed by atoms with Gasteiger partial charge in [-0.2, -0.15) is 0 Å². The number of unbranched alkanes of at least 4 members (excludes halogenated alkanes) is 1. The third kappa shape index (κ3) is 8.77. The number of nitrogens with zero attached hydrogens (tertiary/aromatic N) is 1. The van der Waals surface area contributed by atoms with Gasteiger partial charge in [-0.1, -0.05) is 46.2 Å². The monoisotopic (exact) mass is 558 g/mol. The van der Waals surface area contributed by atoms with Gasteiger partial charge in [-0.3, -0.25) is 9.59 Å². The van der Waals surface area contributed by atoms with E-state index in [1.54, 1.807) is 0 Å². The van der Waals surface area contributed by atoms with Crippen molar-refractivity contribution in [3.63, 3.8) is 0 Å². The van der Waals surface area contributed by atoms with Crippen LogP contribution in [0.15, 0.2) is 18.2 Å². The summed E-state index contributed by atoms with van der Waals surface area (Å²) in [6.45, 7) is 13.8. The van der Waals surface area contributed by atoms with Gasteiger partial charge in [-0.15, -0.1) is 0 Å². The van der Waals surface area contributed by atoms with Crippen LogP contribution in [-0.4, -0.2) is 66.8 Å². The Labute approximate surface area is 242 Å². The number of fused-ring (bicyclic) bond motifs is 1. The van der Waals surface area contributed by atoms with Crippen molar-refractivity contribution in [1.82, 2.24) is 4.90 Å². The molecule has 3 rings (SSSR count). The number of cyclic esters (lactones) is 1. The largest absolute Gasteiger partial charge is 0.457 e. The predicted octanol–water partition coefficient (Wildman–Crippen LogP) is 6.07. The topological polar surface area (TPSA) is 91.4 Å². The van der Waals surface area contributed by atoms with Gasteiger partial charge in [0.2, 0.25) is 0 Å². The van der Waals surface area contributed by atoms with Gasteiger partial charge < -0.3 is 24.8 Å².